The molecular formula is C16H18N8O2. The van der Waals surface area contributed by atoms with Gasteiger partial charge in [-0.05, 0) is 38.2 Å². The molecule has 0 bridgehead atoms. The smallest absolute Gasteiger partial charge is 0.326 e. The molecular weight excluding hydrogens is 336 g/mol. The maximum Gasteiger partial charge on any atom is 0.326 e. The average molecular weight is 354 g/mol. The van der Waals surface area contributed by atoms with Gasteiger partial charge in [-0.3, -0.25) is 4.98 Å². The Hall–Kier alpha value is -3.17. The normalized spacial score (nSPS) is 19.2. The Bertz CT molecular complexity index is 1150. The molecule has 2 aliphatic carbocycles. The van der Waals surface area contributed by atoms with Crippen LogP contribution in [-0.4, -0.2) is 46.7 Å². The van der Waals surface area contributed by atoms with Gasteiger partial charge < -0.3 is 15.4 Å². The van der Waals surface area contributed by atoms with E-state index in [-0.39, 0.29) is 11.6 Å². The van der Waals surface area contributed by atoms with Gasteiger partial charge in [-0.1, -0.05) is 0 Å². The van der Waals surface area contributed by atoms with E-state index in [2.05, 4.69) is 35.3 Å². The van der Waals surface area contributed by atoms with Gasteiger partial charge in [0.05, 0.1) is 12.2 Å². The first-order valence-electron chi connectivity index (χ1n) is 8.75. The van der Waals surface area contributed by atoms with E-state index >= 15 is 0 Å². The van der Waals surface area contributed by atoms with Gasteiger partial charge >= 0.3 is 5.69 Å². The number of aromatic hydroxyl groups is 1. The zero-order chi connectivity index (χ0) is 17.7. The number of imidazole rings is 1. The fourth-order valence-corrected chi connectivity index (χ4v) is 2.88. The van der Waals surface area contributed by atoms with Gasteiger partial charge in [0.2, 0.25) is 11.8 Å². The maximum atomic E-state index is 11.3. The van der Waals surface area contributed by atoms with Gasteiger partial charge in [-0.25, -0.2) is 9.79 Å². The first-order valence-corrected chi connectivity index (χ1v) is 8.75. The Balaban J connectivity index is 1.68. The summed E-state index contributed by atoms with van der Waals surface area (Å²) in [6.07, 6.45) is 8.81. The van der Waals surface area contributed by atoms with Crippen LogP contribution in [0.4, 0.5) is 5.95 Å². The quantitative estimate of drug-likeness (QED) is 0.495. The summed E-state index contributed by atoms with van der Waals surface area (Å²) in [6.45, 7) is 0. The van der Waals surface area contributed by atoms with Crippen LogP contribution >= 0.6 is 0 Å². The number of anilines is 1. The van der Waals surface area contributed by atoms with E-state index in [0.717, 1.165) is 25.7 Å². The summed E-state index contributed by atoms with van der Waals surface area (Å²) >= 11 is 0. The minimum Gasteiger partial charge on any atom is -0.493 e. The lowest BCUT2D eigenvalue weighted by atomic mass is 9.93. The van der Waals surface area contributed by atoms with E-state index in [9.17, 15) is 9.90 Å². The Morgan fingerprint density at radius 1 is 1.27 bits per heavy atom. The summed E-state index contributed by atoms with van der Waals surface area (Å²) in [5, 5.41) is 18.1. The second kappa shape index (κ2) is 5.68. The van der Waals surface area contributed by atoms with Crippen molar-refractivity contribution in [3.8, 4) is 5.88 Å². The van der Waals surface area contributed by atoms with Gasteiger partial charge in [0.25, 0.3) is 5.62 Å². The van der Waals surface area contributed by atoms with Crippen LogP contribution in [0.15, 0.2) is 16.0 Å². The van der Waals surface area contributed by atoms with Crippen molar-refractivity contribution in [3.05, 3.63) is 33.2 Å². The molecule has 3 aromatic rings. The number of aromatic nitrogens is 6. The zero-order valence-corrected chi connectivity index (χ0v) is 13.9. The van der Waals surface area contributed by atoms with Crippen LogP contribution in [0.1, 0.15) is 37.8 Å². The molecule has 0 radical (unpaired) electrons. The van der Waals surface area contributed by atoms with Crippen LogP contribution in [0.3, 0.4) is 0 Å². The van der Waals surface area contributed by atoms with Crippen molar-refractivity contribution in [2.75, 3.05) is 5.32 Å². The number of aromatic amines is 2. The molecule has 2 saturated carbocycles. The van der Waals surface area contributed by atoms with Gasteiger partial charge in [-0.2, -0.15) is 19.6 Å². The summed E-state index contributed by atoms with van der Waals surface area (Å²) in [5.41, 5.74) is 0.891. The topological polar surface area (TPSA) is 136 Å². The highest BCUT2D eigenvalue weighted by atomic mass is 16.3. The third-order valence-electron chi connectivity index (χ3n) is 4.70. The summed E-state index contributed by atoms with van der Waals surface area (Å²) in [5.74, 6) is 0.308. The standard InChI is InChI=1S/C16H18N8O2/c25-13-11(20-16(26)22-13)6-8-7-17-24-12(8)21-14(18-9-2-1-3-9)23-15(24)19-10-4-5-10/h6-7,9-10,25H,1-5H2,(H,18,19,23)(H2,20,22,26). The van der Waals surface area contributed by atoms with Gasteiger partial charge in [0.1, 0.15) is 5.69 Å². The summed E-state index contributed by atoms with van der Waals surface area (Å²) in [4.78, 5) is 29.9. The molecule has 5 rings (SSSR count). The van der Waals surface area contributed by atoms with E-state index in [0.29, 0.717) is 34.5 Å². The Labute approximate surface area is 146 Å². The van der Waals surface area contributed by atoms with Crippen molar-refractivity contribution in [3.63, 3.8) is 0 Å². The van der Waals surface area contributed by atoms with Gasteiger partial charge in [-0.15, -0.1) is 0 Å². The highest BCUT2D eigenvalue weighted by Gasteiger charge is 2.22. The lowest BCUT2D eigenvalue weighted by molar-refractivity contribution is 0.442. The number of rotatable bonds is 4. The zero-order valence-electron chi connectivity index (χ0n) is 13.9. The summed E-state index contributed by atoms with van der Waals surface area (Å²) in [6, 6.07) is 0.693. The van der Waals surface area contributed by atoms with Crippen LogP contribution in [0, 0.1) is 0 Å². The molecule has 0 atom stereocenters. The van der Waals surface area contributed by atoms with Crippen molar-refractivity contribution >= 4 is 17.7 Å². The minimum atomic E-state index is -0.475. The van der Waals surface area contributed by atoms with Crippen molar-refractivity contribution in [2.24, 2.45) is 4.99 Å². The molecule has 2 aliphatic rings. The second-order valence-corrected chi connectivity index (χ2v) is 6.80. The van der Waals surface area contributed by atoms with Crippen molar-refractivity contribution < 1.29 is 5.11 Å². The first-order chi connectivity index (χ1) is 12.7. The molecule has 3 aromatic heterocycles. The monoisotopic (exact) mass is 354 g/mol. The maximum absolute atomic E-state index is 11.3. The number of nitrogens with zero attached hydrogens (tertiary/aromatic N) is 5. The Morgan fingerprint density at radius 3 is 2.77 bits per heavy atom. The summed E-state index contributed by atoms with van der Waals surface area (Å²) in [7, 11) is 0. The third kappa shape index (κ3) is 2.72. The number of nitrogens with one attached hydrogen (secondary N) is 3. The van der Waals surface area contributed by atoms with Crippen LogP contribution in [0.5, 0.6) is 5.88 Å². The molecule has 0 spiro atoms. The highest BCUT2D eigenvalue weighted by Crippen LogP contribution is 2.23. The molecule has 0 aliphatic heterocycles. The second-order valence-electron chi connectivity index (χ2n) is 6.80. The largest absolute Gasteiger partial charge is 0.493 e. The van der Waals surface area contributed by atoms with Crippen LogP contribution < -0.4 is 21.8 Å². The van der Waals surface area contributed by atoms with Crippen LogP contribution in [0.25, 0.3) is 11.7 Å². The van der Waals surface area contributed by atoms with E-state index in [1.807, 2.05) is 0 Å². The Kier molecular flexibility index (Phi) is 3.30. The number of H-pyrrole nitrogens is 2. The molecule has 26 heavy (non-hydrogen) atoms. The van der Waals surface area contributed by atoms with Crippen molar-refractivity contribution in [1.29, 1.82) is 0 Å². The molecule has 0 aromatic carbocycles. The van der Waals surface area contributed by atoms with Crippen LogP contribution in [-0.2, 0) is 0 Å². The minimum absolute atomic E-state index is 0.223. The molecule has 10 nitrogen and oxygen atoms in total. The number of hydrogen-bond acceptors (Lipinski definition) is 7. The first kappa shape index (κ1) is 15.1. The molecule has 134 valence electrons. The Morgan fingerprint density at radius 2 is 2.12 bits per heavy atom. The summed E-state index contributed by atoms with van der Waals surface area (Å²) < 4.78 is 1.60. The molecule has 0 saturated heterocycles. The predicted octanol–water partition coefficient (Wildman–Crippen LogP) is -0.578. The lowest BCUT2D eigenvalue weighted by Gasteiger charge is -2.26. The van der Waals surface area contributed by atoms with Crippen molar-refractivity contribution in [2.45, 2.75) is 44.2 Å². The number of hydrogen-bond donors (Lipinski definition) is 4. The highest BCUT2D eigenvalue weighted by molar-refractivity contribution is 5.57. The van der Waals surface area contributed by atoms with Crippen LogP contribution in [0.2, 0.25) is 0 Å². The predicted molar refractivity (Wildman–Crippen MR) is 92.5 cm³/mol. The SMILES string of the molecule is O=c1[nH]c(O)c(C=c2cnn3c(=NC4CC4)nc(NC4CCC4)nc23)[nH]1. The molecule has 0 unspecified atom stereocenters. The third-order valence-corrected chi connectivity index (χ3v) is 4.70. The van der Waals surface area contributed by atoms with Crippen molar-refractivity contribution in [1.82, 2.24) is 29.5 Å². The van der Waals surface area contributed by atoms with E-state index in [4.69, 9.17) is 0 Å². The molecule has 3 heterocycles. The molecule has 10 heteroatoms. The van der Waals surface area contributed by atoms with E-state index in [1.165, 1.54) is 6.42 Å². The van der Waals surface area contributed by atoms with E-state index < -0.39 is 5.69 Å². The van der Waals surface area contributed by atoms with Gasteiger partial charge in [0.15, 0.2) is 5.65 Å². The van der Waals surface area contributed by atoms with Gasteiger partial charge in [0, 0.05) is 11.3 Å². The number of fused-ring (bicyclic) bond motifs is 1. The fraction of sp³-hybridized carbons (Fsp3) is 0.438. The fourth-order valence-electron chi connectivity index (χ4n) is 2.88. The average Bonchev–Trinajstić information content (AvgIpc) is 3.20. The molecule has 0 amide bonds. The van der Waals surface area contributed by atoms with E-state index in [1.54, 1.807) is 16.8 Å². The lowest BCUT2D eigenvalue weighted by Crippen LogP contribution is -2.31. The molecule has 2 fully saturated rings. The molecule has 4 N–H and O–H groups in total.